The highest BCUT2D eigenvalue weighted by Gasteiger charge is 2.67. The minimum Gasteiger partial charge on any atom is -0.379 e. The van der Waals surface area contributed by atoms with Crippen LogP contribution in [0.25, 0.3) is 5.69 Å². The molecule has 4 unspecified atom stereocenters. The highest BCUT2D eigenvalue weighted by molar-refractivity contribution is 5.93. The Morgan fingerprint density at radius 2 is 2.18 bits per heavy atom. The van der Waals surface area contributed by atoms with Crippen LogP contribution in [0.4, 0.5) is 8.78 Å². The molecule has 4 atom stereocenters. The Balaban J connectivity index is 1.45. The van der Waals surface area contributed by atoms with Gasteiger partial charge in [0.25, 0.3) is 11.8 Å². The number of hydrogen-bond acceptors (Lipinski definition) is 4. The van der Waals surface area contributed by atoms with Crippen molar-refractivity contribution in [1.82, 2.24) is 14.7 Å². The Morgan fingerprint density at radius 1 is 1.41 bits per heavy atom. The number of likely N-dealkylation sites (tertiary alicyclic amines) is 1. The topological polar surface area (TPSA) is 101 Å². The van der Waals surface area contributed by atoms with Gasteiger partial charge in [0.05, 0.1) is 5.69 Å². The van der Waals surface area contributed by atoms with E-state index < -0.39 is 29.3 Å². The molecule has 7 nitrogen and oxygen atoms in total. The number of benzene rings is 1. The van der Waals surface area contributed by atoms with Gasteiger partial charge in [-0.1, -0.05) is 24.8 Å². The number of halogens is 2. The van der Waals surface area contributed by atoms with E-state index in [-0.39, 0.29) is 23.9 Å². The van der Waals surface area contributed by atoms with Gasteiger partial charge in [-0.05, 0) is 42.4 Å². The predicted octanol–water partition coefficient (Wildman–Crippen LogP) is 1.92. The van der Waals surface area contributed by atoms with E-state index in [1.54, 1.807) is 36.0 Å². The van der Waals surface area contributed by atoms with E-state index in [0.717, 1.165) is 5.69 Å². The van der Waals surface area contributed by atoms with Crippen molar-refractivity contribution in [3.63, 3.8) is 0 Å². The van der Waals surface area contributed by atoms with Crippen LogP contribution in [-0.2, 0) is 17.6 Å². The monoisotopic (exact) mass is 468 g/mol. The third-order valence-corrected chi connectivity index (χ3v) is 7.81. The second kappa shape index (κ2) is 7.64. The standard InChI is InChI=1S/C25H26F2N4O3/c1-24-13-18-16(12-17(24)19(24)21(26)27)20(22(28)32)29-31(18)15-7-3-5-14(11-15)6-4-8-25(34)9-10-30(2)23(25)33/h3,5,7,11,17,19,21,34H,8-10,12-13H2,1-2H3,(H2,28,32). The van der Waals surface area contributed by atoms with Gasteiger partial charge in [-0.25, -0.2) is 13.5 Å². The molecule has 1 aromatic heterocycles. The molecule has 2 fully saturated rings. The normalized spacial score (nSPS) is 29.5. The smallest absolute Gasteiger partial charge is 0.269 e. The SMILES string of the molecule is CN1CCC(O)(CC#Cc2cccc(-n3nc(C(N)=O)c4c3CC3(C)C(C4)C3C(F)F)c2)C1=O. The lowest BCUT2D eigenvalue weighted by Crippen LogP contribution is -2.38. The second-order valence-electron chi connectivity index (χ2n) is 9.94. The lowest BCUT2D eigenvalue weighted by atomic mass is 9.87. The minimum atomic E-state index is -2.41. The van der Waals surface area contributed by atoms with E-state index in [0.29, 0.717) is 42.6 Å². The molecule has 0 spiro atoms. The highest BCUT2D eigenvalue weighted by atomic mass is 19.3. The van der Waals surface area contributed by atoms with Crippen LogP contribution in [0.3, 0.4) is 0 Å². The van der Waals surface area contributed by atoms with Crippen molar-refractivity contribution in [2.75, 3.05) is 13.6 Å². The van der Waals surface area contributed by atoms with Crippen molar-refractivity contribution in [3.8, 4) is 17.5 Å². The molecule has 2 heterocycles. The first-order chi connectivity index (χ1) is 16.0. The fourth-order valence-electron chi connectivity index (χ4n) is 5.73. The van der Waals surface area contributed by atoms with Crippen molar-refractivity contribution in [2.24, 2.45) is 23.0 Å². The Hall–Kier alpha value is -3.25. The van der Waals surface area contributed by atoms with Crippen LogP contribution < -0.4 is 5.73 Å². The molecule has 3 N–H and O–H groups in total. The van der Waals surface area contributed by atoms with E-state index in [4.69, 9.17) is 5.73 Å². The summed E-state index contributed by atoms with van der Waals surface area (Å²) < 4.78 is 28.7. The van der Waals surface area contributed by atoms with Gasteiger partial charge in [0.1, 0.15) is 0 Å². The summed E-state index contributed by atoms with van der Waals surface area (Å²) >= 11 is 0. The van der Waals surface area contributed by atoms with Crippen LogP contribution in [0.15, 0.2) is 24.3 Å². The van der Waals surface area contributed by atoms with Crippen molar-refractivity contribution >= 4 is 11.8 Å². The lowest BCUT2D eigenvalue weighted by molar-refractivity contribution is -0.141. The number of nitrogens with two attached hydrogens (primary N) is 1. The zero-order valence-corrected chi connectivity index (χ0v) is 19.0. The number of amides is 2. The Kier molecular flexibility index (Phi) is 5.06. The molecule has 1 aliphatic heterocycles. The Labute approximate surface area is 195 Å². The third kappa shape index (κ3) is 3.40. The summed E-state index contributed by atoms with van der Waals surface area (Å²) in [5.74, 6) is 4.00. The summed E-state index contributed by atoms with van der Waals surface area (Å²) in [5.41, 5.74) is 6.36. The molecular weight excluding hydrogens is 442 g/mol. The van der Waals surface area contributed by atoms with Crippen LogP contribution in [0.1, 0.15) is 47.1 Å². The summed E-state index contributed by atoms with van der Waals surface area (Å²) in [4.78, 5) is 25.7. The van der Waals surface area contributed by atoms with E-state index >= 15 is 0 Å². The number of likely N-dealkylation sites (N-methyl/N-ethyl adjacent to an activating group) is 1. The molecule has 2 amide bonds. The minimum absolute atomic E-state index is 0.0259. The van der Waals surface area contributed by atoms with Crippen LogP contribution in [0.2, 0.25) is 0 Å². The average molecular weight is 469 g/mol. The largest absolute Gasteiger partial charge is 0.379 e. The quantitative estimate of drug-likeness (QED) is 0.670. The number of primary amides is 1. The van der Waals surface area contributed by atoms with Gasteiger partial charge in [-0.3, -0.25) is 9.59 Å². The van der Waals surface area contributed by atoms with Crippen molar-refractivity contribution in [1.29, 1.82) is 0 Å². The molecule has 34 heavy (non-hydrogen) atoms. The summed E-state index contributed by atoms with van der Waals surface area (Å²) in [6.45, 7) is 2.36. The number of alkyl halides is 2. The molecule has 2 aliphatic carbocycles. The molecule has 5 rings (SSSR count). The molecule has 1 aromatic carbocycles. The predicted molar refractivity (Wildman–Crippen MR) is 119 cm³/mol. The molecule has 9 heteroatoms. The van der Waals surface area contributed by atoms with Gasteiger partial charge in [-0.2, -0.15) is 5.10 Å². The van der Waals surface area contributed by atoms with Gasteiger partial charge in [0, 0.05) is 49.2 Å². The maximum Gasteiger partial charge on any atom is 0.269 e. The summed E-state index contributed by atoms with van der Waals surface area (Å²) in [6.07, 6.45) is -1.29. The number of rotatable bonds is 4. The van der Waals surface area contributed by atoms with Crippen LogP contribution >= 0.6 is 0 Å². The van der Waals surface area contributed by atoms with Crippen LogP contribution in [0, 0.1) is 29.1 Å². The zero-order valence-electron chi connectivity index (χ0n) is 19.0. The molecular formula is C25H26F2N4O3. The summed E-state index contributed by atoms with van der Waals surface area (Å²) in [6, 6.07) is 7.16. The lowest BCUT2D eigenvalue weighted by Gasteiger charge is -2.20. The van der Waals surface area contributed by atoms with Gasteiger partial charge >= 0.3 is 0 Å². The maximum atomic E-state index is 13.6. The van der Waals surface area contributed by atoms with Crippen LogP contribution in [0.5, 0.6) is 0 Å². The molecule has 1 saturated heterocycles. The fourth-order valence-corrected chi connectivity index (χ4v) is 5.73. The molecule has 3 aliphatic rings. The molecule has 0 bridgehead atoms. The van der Waals surface area contributed by atoms with Gasteiger partial charge in [-0.15, -0.1) is 0 Å². The fraction of sp³-hybridized carbons (Fsp3) is 0.480. The van der Waals surface area contributed by atoms with E-state index in [1.807, 2.05) is 6.92 Å². The third-order valence-electron chi connectivity index (χ3n) is 7.81. The molecule has 0 radical (unpaired) electrons. The Bertz CT molecular complexity index is 1260. The van der Waals surface area contributed by atoms with Gasteiger partial charge in [0.2, 0.25) is 6.43 Å². The summed E-state index contributed by atoms with van der Waals surface area (Å²) in [5, 5.41) is 15.0. The van der Waals surface area contributed by atoms with Crippen LogP contribution in [-0.4, -0.2) is 57.2 Å². The number of aromatic nitrogens is 2. The zero-order chi connectivity index (χ0) is 24.4. The first-order valence-electron chi connectivity index (χ1n) is 11.3. The van der Waals surface area contributed by atoms with E-state index in [2.05, 4.69) is 16.9 Å². The number of carbonyl (C=O) groups excluding carboxylic acids is 2. The first-order valence-corrected chi connectivity index (χ1v) is 11.3. The molecule has 178 valence electrons. The average Bonchev–Trinajstić information content (AvgIpc) is 3.10. The first kappa shape index (κ1) is 22.5. The van der Waals surface area contributed by atoms with E-state index in [1.165, 1.54) is 4.90 Å². The maximum absolute atomic E-state index is 13.6. The summed E-state index contributed by atoms with van der Waals surface area (Å²) in [7, 11) is 1.65. The molecule has 2 aromatic rings. The Morgan fingerprint density at radius 3 is 2.82 bits per heavy atom. The number of carbonyl (C=O) groups is 2. The van der Waals surface area contributed by atoms with Crippen molar-refractivity contribution in [3.05, 3.63) is 46.8 Å². The van der Waals surface area contributed by atoms with Gasteiger partial charge < -0.3 is 15.7 Å². The number of aliphatic hydroxyl groups is 1. The highest BCUT2D eigenvalue weighted by Crippen LogP contribution is 2.66. The second-order valence-corrected chi connectivity index (χ2v) is 9.94. The number of nitrogens with zero attached hydrogens (tertiary/aromatic N) is 3. The van der Waals surface area contributed by atoms with E-state index in [9.17, 15) is 23.5 Å². The van der Waals surface area contributed by atoms with Crippen molar-refractivity contribution in [2.45, 2.75) is 44.6 Å². The number of fused-ring (bicyclic) bond motifs is 2. The molecule has 1 saturated carbocycles. The van der Waals surface area contributed by atoms with Gasteiger partial charge in [0.15, 0.2) is 11.3 Å². The van der Waals surface area contributed by atoms with Crippen molar-refractivity contribution < 1.29 is 23.5 Å². The number of hydrogen-bond donors (Lipinski definition) is 2.